The third-order valence-electron chi connectivity index (χ3n) is 3.21. The number of carbonyl (C=O) groups is 1. The molecule has 1 saturated heterocycles. The fraction of sp³-hybridized carbons (Fsp3) is 0.417. The highest BCUT2D eigenvalue weighted by Crippen LogP contribution is 2.31. The van der Waals surface area contributed by atoms with Gasteiger partial charge in [-0.25, -0.2) is 18.4 Å². The molecule has 0 aliphatic carbocycles. The molecule has 0 amide bonds. The molecule has 1 aliphatic heterocycles. The maximum atomic E-state index is 11.7. The van der Waals surface area contributed by atoms with Crippen LogP contribution in [0.3, 0.4) is 0 Å². The Morgan fingerprint density at radius 2 is 2.11 bits per heavy atom. The van der Waals surface area contributed by atoms with Gasteiger partial charge >= 0.3 is 5.97 Å². The fourth-order valence-electron chi connectivity index (χ4n) is 2.37. The van der Waals surface area contributed by atoms with Crippen LogP contribution in [0, 0.1) is 0 Å². The first-order valence-electron chi connectivity index (χ1n) is 5.91. The van der Waals surface area contributed by atoms with Crippen LogP contribution in [-0.4, -0.2) is 34.1 Å². The monoisotopic (exact) mass is 284 g/mol. The number of anilines is 1. The van der Waals surface area contributed by atoms with Crippen LogP contribution in [0.25, 0.3) is 0 Å². The summed E-state index contributed by atoms with van der Waals surface area (Å²) in [7, 11) is -2.50. The van der Waals surface area contributed by atoms with Gasteiger partial charge in [-0.15, -0.1) is 0 Å². The lowest BCUT2D eigenvalue weighted by Crippen LogP contribution is -2.37. The van der Waals surface area contributed by atoms with Gasteiger partial charge in [0, 0.05) is 6.54 Å². The van der Waals surface area contributed by atoms with Crippen molar-refractivity contribution in [3.63, 3.8) is 0 Å². The Morgan fingerprint density at radius 3 is 2.74 bits per heavy atom. The van der Waals surface area contributed by atoms with Gasteiger partial charge in [0.25, 0.3) is 0 Å². The minimum absolute atomic E-state index is 0.0332. The molecule has 1 unspecified atom stereocenters. The van der Waals surface area contributed by atoms with Gasteiger partial charge in [0.05, 0.1) is 12.8 Å². The summed E-state index contributed by atoms with van der Waals surface area (Å²) >= 11 is 0. The molecular formula is C12H16N2O4S. The standard InChI is InChI=1S/C12H16N2O4S/c1-18-12(15)10-6-4-8-14(10)9-5-2-3-7-11(9)19(13,16)17/h2-3,5,7,10H,4,6,8H2,1H3,(H2,13,16,17). The second kappa shape index (κ2) is 5.18. The van der Waals surface area contributed by atoms with E-state index in [0.29, 0.717) is 18.7 Å². The SMILES string of the molecule is COC(=O)C1CCCN1c1ccccc1S(N)(=O)=O. The third-order valence-corrected chi connectivity index (χ3v) is 4.17. The van der Waals surface area contributed by atoms with Crippen LogP contribution >= 0.6 is 0 Å². The van der Waals surface area contributed by atoms with Crippen LogP contribution in [-0.2, 0) is 19.6 Å². The minimum Gasteiger partial charge on any atom is -0.467 e. The number of hydrogen-bond donors (Lipinski definition) is 1. The zero-order valence-electron chi connectivity index (χ0n) is 10.6. The van der Waals surface area contributed by atoms with E-state index in [9.17, 15) is 13.2 Å². The summed E-state index contributed by atoms with van der Waals surface area (Å²) in [5.41, 5.74) is 0.456. The number of nitrogens with two attached hydrogens (primary N) is 1. The Hall–Kier alpha value is -1.60. The van der Waals surface area contributed by atoms with E-state index in [0.717, 1.165) is 6.42 Å². The zero-order valence-corrected chi connectivity index (χ0v) is 11.4. The van der Waals surface area contributed by atoms with Crippen LogP contribution in [0.5, 0.6) is 0 Å². The van der Waals surface area contributed by atoms with Gasteiger partial charge in [0.2, 0.25) is 10.0 Å². The normalized spacial score (nSPS) is 19.5. The van der Waals surface area contributed by atoms with Gasteiger partial charge in [-0.05, 0) is 25.0 Å². The molecule has 6 nitrogen and oxygen atoms in total. The number of hydrogen-bond acceptors (Lipinski definition) is 5. The molecule has 1 heterocycles. The molecule has 1 atom stereocenters. The van der Waals surface area contributed by atoms with Crippen LogP contribution in [0.15, 0.2) is 29.2 Å². The van der Waals surface area contributed by atoms with Crippen LogP contribution in [0.1, 0.15) is 12.8 Å². The Morgan fingerprint density at radius 1 is 1.42 bits per heavy atom. The Labute approximate surface area is 112 Å². The first-order valence-corrected chi connectivity index (χ1v) is 7.46. The fourth-order valence-corrected chi connectivity index (χ4v) is 3.12. The van der Waals surface area contributed by atoms with Crippen molar-refractivity contribution >= 4 is 21.7 Å². The average molecular weight is 284 g/mol. The molecule has 1 aromatic rings. The van der Waals surface area contributed by atoms with Gasteiger partial charge in [0.15, 0.2) is 0 Å². The molecule has 1 aliphatic rings. The van der Waals surface area contributed by atoms with Gasteiger partial charge in [0.1, 0.15) is 10.9 Å². The number of para-hydroxylation sites is 1. The maximum Gasteiger partial charge on any atom is 0.328 e. The molecule has 0 bridgehead atoms. The molecule has 2 rings (SSSR count). The smallest absolute Gasteiger partial charge is 0.328 e. The van der Waals surface area contributed by atoms with E-state index in [1.807, 2.05) is 0 Å². The molecule has 0 aromatic heterocycles. The van der Waals surface area contributed by atoms with E-state index in [1.54, 1.807) is 23.1 Å². The van der Waals surface area contributed by atoms with Crippen LogP contribution in [0.2, 0.25) is 0 Å². The summed E-state index contributed by atoms with van der Waals surface area (Å²) in [6.07, 6.45) is 1.45. The first kappa shape index (κ1) is 13.8. The number of sulfonamides is 1. The Kier molecular flexibility index (Phi) is 3.77. The Balaban J connectivity index is 2.45. The van der Waals surface area contributed by atoms with Crippen LogP contribution < -0.4 is 10.0 Å². The zero-order chi connectivity index (χ0) is 14.0. The predicted octanol–water partition coefficient (Wildman–Crippen LogP) is 0.476. The molecule has 1 aromatic carbocycles. The molecule has 7 heteroatoms. The number of benzene rings is 1. The highest BCUT2D eigenvalue weighted by Gasteiger charge is 2.33. The number of rotatable bonds is 3. The minimum atomic E-state index is -3.82. The molecule has 0 spiro atoms. The van der Waals surface area contributed by atoms with Crippen molar-refractivity contribution in [1.29, 1.82) is 0 Å². The lowest BCUT2D eigenvalue weighted by Gasteiger charge is -2.26. The number of carbonyl (C=O) groups excluding carboxylic acids is 1. The average Bonchev–Trinajstić information content (AvgIpc) is 2.86. The molecule has 104 valence electrons. The van der Waals surface area contributed by atoms with E-state index in [4.69, 9.17) is 9.88 Å². The molecule has 0 saturated carbocycles. The van der Waals surface area contributed by atoms with Crippen molar-refractivity contribution in [2.45, 2.75) is 23.8 Å². The van der Waals surface area contributed by atoms with E-state index < -0.39 is 16.1 Å². The topological polar surface area (TPSA) is 89.7 Å². The van der Waals surface area contributed by atoms with E-state index in [-0.39, 0.29) is 10.9 Å². The summed E-state index contributed by atoms with van der Waals surface area (Å²) in [5, 5.41) is 5.21. The molecular weight excluding hydrogens is 268 g/mol. The molecule has 2 N–H and O–H groups in total. The molecule has 19 heavy (non-hydrogen) atoms. The van der Waals surface area contributed by atoms with Crippen molar-refractivity contribution in [2.24, 2.45) is 5.14 Å². The summed E-state index contributed by atoms with van der Waals surface area (Å²) < 4.78 is 27.9. The van der Waals surface area contributed by atoms with E-state index in [1.165, 1.54) is 13.2 Å². The Bertz CT molecular complexity index is 585. The highest BCUT2D eigenvalue weighted by atomic mass is 32.2. The molecule has 0 radical (unpaired) electrons. The number of nitrogens with zero attached hydrogens (tertiary/aromatic N) is 1. The van der Waals surface area contributed by atoms with Crippen molar-refractivity contribution in [2.75, 3.05) is 18.6 Å². The largest absolute Gasteiger partial charge is 0.467 e. The van der Waals surface area contributed by atoms with Gasteiger partial charge in [-0.2, -0.15) is 0 Å². The van der Waals surface area contributed by atoms with Crippen molar-refractivity contribution < 1.29 is 17.9 Å². The van der Waals surface area contributed by atoms with Gasteiger partial charge in [-0.1, -0.05) is 12.1 Å². The van der Waals surface area contributed by atoms with Crippen molar-refractivity contribution in [3.8, 4) is 0 Å². The van der Waals surface area contributed by atoms with Crippen LogP contribution in [0.4, 0.5) is 5.69 Å². The number of ether oxygens (including phenoxy) is 1. The third kappa shape index (κ3) is 2.71. The maximum absolute atomic E-state index is 11.7. The predicted molar refractivity (Wildman–Crippen MR) is 70.2 cm³/mol. The summed E-state index contributed by atoms with van der Waals surface area (Å²) in [5.74, 6) is -0.360. The van der Waals surface area contributed by atoms with Crippen molar-refractivity contribution in [1.82, 2.24) is 0 Å². The molecule has 1 fully saturated rings. The summed E-state index contributed by atoms with van der Waals surface area (Å²) in [4.78, 5) is 13.5. The summed E-state index contributed by atoms with van der Waals surface area (Å²) in [6.45, 7) is 0.603. The van der Waals surface area contributed by atoms with Crippen molar-refractivity contribution in [3.05, 3.63) is 24.3 Å². The number of methoxy groups -OCH3 is 1. The van der Waals surface area contributed by atoms with E-state index >= 15 is 0 Å². The first-order chi connectivity index (χ1) is 8.95. The summed E-state index contributed by atoms with van der Waals surface area (Å²) in [6, 6.07) is 5.97. The lowest BCUT2D eigenvalue weighted by molar-refractivity contribution is -0.141. The number of primary sulfonamides is 1. The van der Waals surface area contributed by atoms with E-state index in [2.05, 4.69) is 0 Å². The quantitative estimate of drug-likeness (QED) is 0.815. The van der Waals surface area contributed by atoms with Gasteiger partial charge < -0.3 is 9.64 Å². The second-order valence-electron chi connectivity index (χ2n) is 4.39. The second-order valence-corrected chi connectivity index (χ2v) is 5.92. The van der Waals surface area contributed by atoms with Gasteiger partial charge in [-0.3, -0.25) is 0 Å². The number of esters is 1. The lowest BCUT2D eigenvalue weighted by atomic mass is 10.2. The highest BCUT2D eigenvalue weighted by molar-refractivity contribution is 7.89.